The Bertz CT molecular complexity index is 952. The lowest BCUT2D eigenvalue weighted by molar-refractivity contribution is -0.125. The van der Waals surface area contributed by atoms with E-state index in [1.54, 1.807) is 6.07 Å². The zero-order valence-electron chi connectivity index (χ0n) is 13.8. The Morgan fingerprint density at radius 3 is 2.50 bits per heavy atom. The van der Waals surface area contributed by atoms with Crippen LogP contribution in [-0.4, -0.2) is 20.6 Å². The number of carbonyl (C=O) groups excluding carboxylic acids is 1. The van der Waals surface area contributed by atoms with Gasteiger partial charge in [0.2, 0.25) is 15.9 Å². The zero-order chi connectivity index (χ0) is 19.5. The quantitative estimate of drug-likeness (QED) is 0.700. The molecule has 2 N–H and O–H groups in total. The Labute approximate surface area is 160 Å². The van der Waals surface area contributed by atoms with Crippen LogP contribution >= 0.6 is 23.2 Å². The van der Waals surface area contributed by atoms with Crippen LogP contribution in [0.2, 0.25) is 10.0 Å². The number of carbonyl (C=O) groups is 1. The largest absolute Gasteiger partial charge is 0.379 e. The molecule has 0 fully saturated rings. The molecule has 0 aliphatic heterocycles. The van der Waals surface area contributed by atoms with Gasteiger partial charge in [-0.15, -0.1) is 0 Å². The highest BCUT2D eigenvalue weighted by Crippen LogP contribution is 2.33. The van der Waals surface area contributed by atoms with Crippen molar-refractivity contribution < 1.29 is 22.4 Å². The van der Waals surface area contributed by atoms with Crippen LogP contribution in [0.1, 0.15) is 18.1 Å². The fraction of sp³-hybridized carbons (Fsp3) is 0.188. The zero-order valence-corrected chi connectivity index (χ0v) is 16.1. The monoisotopic (exact) mass is 420 g/mol. The van der Waals surface area contributed by atoms with E-state index in [2.05, 4.69) is 10.2 Å². The van der Waals surface area contributed by atoms with Crippen LogP contribution in [0.4, 0.5) is 10.1 Å². The average molecular weight is 421 g/mol. The van der Waals surface area contributed by atoms with Crippen LogP contribution < -0.4 is 15.0 Å². The maximum Gasteiger partial charge on any atom is 0.249 e. The fourth-order valence-electron chi connectivity index (χ4n) is 2.12. The van der Waals surface area contributed by atoms with E-state index < -0.39 is 21.7 Å². The highest BCUT2D eigenvalue weighted by Gasteiger charge is 2.15. The molecule has 0 aromatic heterocycles. The average Bonchev–Trinajstić information content (AvgIpc) is 2.49. The predicted octanol–water partition coefficient (Wildman–Crippen LogP) is 3.52. The van der Waals surface area contributed by atoms with Crippen LogP contribution in [-0.2, 0) is 21.2 Å². The first kappa shape index (κ1) is 20.3. The highest BCUT2D eigenvalue weighted by molar-refractivity contribution is 7.92. The third-order valence-corrected chi connectivity index (χ3v) is 4.28. The van der Waals surface area contributed by atoms with Gasteiger partial charge in [-0.2, -0.15) is 5.48 Å². The van der Waals surface area contributed by atoms with Gasteiger partial charge in [0.1, 0.15) is 5.82 Å². The molecule has 0 atom stereocenters. The third kappa shape index (κ3) is 5.76. The van der Waals surface area contributed by atoms with Crippen molar-refractivity contribution in [3.05, 3.63) is 57.3 Å². The molecule has 2 aromatic rings. The molecule has 2 rings (SSSR count). The van der Waals surface area contributed by atoms with E-state index in [0.717, 1.165) is 6.26 Å². The van der Waals surface area contributed by atoms with Crippen molar-refractivity contribution in [2.45, 2.75) is 13.3 Å². The minimum Gasteiger partial charge on any atom is -0.379 e. The summed E-state index contributed by atoms with van der Waals surface area (Å²) < 4.78 is 38.7. The van der Waals surface area contributed by atoms with Crippen LogP contribution in [0.25, 0.3) is 0 Å². The van der Waals surface area contributed by atoms with Gasteiger partial charge in [-0.1, -0.05) is 29.3 Å². The standard InChI is InChI=1S/C16H15Cl2FN2O4S/c1-9(22)20-25-16-8-11(17)7-13(18)12(16)5-10-3-4-15(14(19)6-10)21-26(2,23)24/h3-4,6-8,21H,5H2,1-2H3,(H,20,22). The van der Waals surface area contributed by atoms with E-state index in [4.69, 9.17) is 28.0 Å². The normalized spacial score (nSPS) is 11.1. The summed E-state index contributed by atoms with van der Waals surface area (Å²) in [7, 11) is -3.59. The first-order valence-corrected chi connectivity index (χ1v) is 9.87. The van der Waals surface area contributed by atoms with Crippen LogP contribution in [0.5, 0.6) is 5.75 Å². The van der Waals surface area contributed by atoms with E-state index >= 15 is 0 Å². The number of sulfonamides is 1. The number of halogens is 3. The summed E-state index contributed by atoms with van der Waals surface area (Å²) in [6.07, 6.45) is 1.10. The molecule has 0 saturated carbocycles. The van der Waals surface area contributed by atoms with Crippen LogP contribution in [0, 0.1) is 5.82 Å². The van der Waals surface area contributed by atoms with Gasteiger partial charge in [0.25, 0.3) is 0 Å². The Morgan fingerprint density at radius 2 is 1.92 bits per heavy atom. The molecule has 0 saturated heterocycles. The lowest BCUT2D eigenvalue weighted by Crippen LogP contribution is -2.24. The van der Waals surface area contributed by atoms with Crippen molar-refractivity contribution in [3.63, 3.8) is 0 Å². The Morgan fingerprint density at radius 1 is 1.23 bits per heavy atom. The number of amides is 1. The topological polar surface area (TPSA) is 84.5 Å². The van der Waals surface area contributed by atoms with Gasteiger partial charge >= 0.3 is 0 Å². The minimum atomic E-state index is -3.59. The number of nitrogens with one attached hydrogen (secondary N) is 2. The van der Waals surface area contributed by atoms with Crippen molar-refractivity contribution in [3.8, 4) is 5.75 Å². The minimum absolute atomic E-state index is 0.159. The highest BCUT2D eigenvalue weighted by atomic mass is 35.5. The summed E-state index contributed by atoms with van der Waals surface area (Å²) in [6, 6.07) is 7.00. The lowest BCUT2D eigenvalue weighted by Gasteiger charge is -2.14. The van der Waals surface area contributed by atoms with Gasteiger partial charge in [-0.05, 0) is 23.8 Å². The van der Waals surface area contributed by atoms with Crippen LogP contribution in [0.3, 0.4) is 0 Å². The molecule has 0 bridgehead atoms. The summed E-state index contributed by atoms with van der Waals surface area (Å²) in [4.78, 5) is 16.2. The summed E-state index contributed by atoms with van der Waals surface area (Å²) in [6.45, 7) is 1.27. The second-order valence-corrected chi connectivity index (χ2v) is 8.08. The summed E-state index contributed by atoms with van der Waals surface area (Å²) >= 11 is 12.1. The fourth-order valence-corrected chi connectivity index (χ4v) is 3.23. The molecule has 10 heteroatoms. The van der Waals surface area contributed by atoms with Crippen molar-refractivity contribution in [2.24, 2.45) is 0 Å². The maximum atomic E-state index is 14.1. The molecule has 2 aromatic carbocycles. The second-order valence-electron chi connectivity index (χ2n) is 5.49. The third-order valence-electron chi connectivity index (χ3n) is 3.13. The molecule has 0 aliphatic rings. The van der Waals surface area contributed by atoms with Gasteiger partial charge < -0.3 is 4.84 Å². The molecule has 1 amide bonds. The van der Waals surface area contributed by atoms with Crippen LogP contribution in [0.15, 0.2) is 30.3 Å². The number of rotatable bonds is 6. The van der Waals surface area contributed by atoms with E-state index in [1.807, 2.05) is 0 Å². The van der Waals surface area contributed by atoms with E-state index in [9.17, 15) is 17.6 Å². The van der Waals surface area contributed by atoms with Gasteiger partial charge in [-0.25, -0.2) is 12.8 Å². The van der Waals surface area contributed by atoms with Crippen molar-refractivity contribution in [1.82, 2.24) is 5.48 Å². The van der Waals surface area contributed by atoms with Gasteiger partial charge in [-0.3, -0.25) is 9.52 Å². The Kier molecular flexibility index (Phi) is 6.33. The summed E-state index contributed by atoms with van der Waals surface area (Å²) in [5.41, 5.74) is 3.01. The number of hydrogen-bond acceptors (Lipinski definition) is 4. The molecule has 0 spiro atoms. The molecule has 140 valence electrons. The SMILES string of the molecule is CC(=O)NOc1cc(Cl)cc(Cl)c1Cc1ccc(NS(C)(=O)=O)c(F)c1. The van der Waals surface area contributed by atoms with Crippen molar-refractivity contribution >= 4 is 44.8 Å². The summed E-state index contributed by atoms with van der Waals surface area (Å²) in [5.74, 6) is -0.937. The molecular weight excluding hydrogens is 406 g/mol. The molecule has 6 nitrogen and oxygen atoms in total. The molecule has 0 radical (unpaired) electrons. The van der Waals surface area contributed by atoms with Crippen molar-refractivity contribution in [1.29, 1.82) is 0 Å². The van der Waals surface area contributed by atoms with E-state index in [1.165, 1.54) is 31.2 Å². The lowest BCUT2D eigenvalue weighted by atomic mass is 10.0. The van der Waals surface area contributed by atoms with Gasteiger partial charge in [0, 0.05) is 35.0 Å². The number of anilines is 1. The first-order valence-electron chi connectivity index (χ1n) is 7.22. The second kappa shape index (κ2) is 8.11. The first-order chi connectivity index (χ1) is 12.0. The number of hydrogen-bond donors (Lipinski definition) is 2. The molecule has 0 aliphatic carbocycles. The summed E-state index contributed by atoms with van der Waals surface area (Å²) in [5, 5.41) is 0.578. The molecular formula is C16H15Cl2FN2O4S. The number of hydroxylamine groups is 1. The van der Waals surface area contributed by atoms with Gasteiger partial charge in [0.05, 0.1) is 11.9 Å². The van der Waals surface area contributed by atoms with E-state index in [-0.39, 0.29) is 22.9 Å². The number of benzene rings is 2. The molecule has 26 heavy (non-hydrogen) atoms. The molecule has 0 heterocycles. The predicted molar refractivity (Wildman–Crippen MR) is 98.6 cm³/mol. The van der Waals surface area contributed by atoms with E-state index in [0.29, 0.717) is 16.1 Å². The maximum absolute atomic E-state index is 14.1. The molecule has 0 unspecified atom stereocenters. The smallest absolute Gasteiger partial charge is 0.249 e. The Balaban J connectivity index is 2.33. The Hall–Kier alpha value is -2.03. The van der Waals surface area contributed by atoms with Gasteiger partial charge in [0.15, 0.2) is 5.75 Å². The van der Waals surface area contributed by atoms with Crippen molar-refractivity contribution in [2.75, 3.05) is 11.0 Å².